The predicted octanol–water partition coefficient (Wildman–Crippen LogP) is 4.19. The maximum absolute atomic E-state index is 13.9. The molecule has 3 aliphatic rings. The van der Waals surface area contributed by atoms with Gasteiger partial charge in [-0.15, -0.1) is 0 Å². The lowest BCUT2D eigenvalue weighted by molar-refractivity contribution is -0.0948. The number of carbonyl (C=O) groups excluding carboxylic acids is 1. The topological polar surface area (TPSA) is 78.4 Å². The first-order valence-electron chi connectivity index (χ1n) is 13.4. The number of benzene rings is 2. The minimum atomic E-state index is -4.63. The standard InChI is InChI=1S/C29H34F3N5O3/c1-36-12-10-21(11-13-36)34-26(38)20-8-9-24(25(16-20)39-3)35-28-33-17-23(29(30,31)32)27(37(28)2)40-22-14-18-6-4-5-7-19(18)15-22/h4-9,16-17,21-22,28,35H,10-15H2,1-3H3,(H,34,38). The molecule has 2 aliphatic heterocycles. The number of anilines is 1. The molecule has 11 heteroatoms. The van der Waals surface area contributed by atoms with Crippen molar-refractivity contribution in [1.82, 2.24) is 15.1 Å². The highest BCUT2D eigenvalue weighted by atomic mass is 19.4. The van der Waals surface area contributed by atoms with Crippen LogP contribution < -0.4 is 15.4 Å². The lowest BCUT2D eigenvalue weighted by Gasteiger charge is -2.35. The Morgan fingerprint density at radius 3 is 2.35 bits per heavy atom. The zero-order valence-corrected chi connectivity index (χ0v) is 22.8. The van der Waals surface area contributed by atoms with Crippen molar-refractivity contribution in [2.24, 2.45) is 4.99 Å². The Morgan fingerprint density at radius 1 is 1.05 bits per heavy atom. The zero-order valence-electron chi connectivity index (χ0n) is 22.8. The third-order valence-corrected chi connectivity index (χ3v) is 7.66. The fourth-order valence-electron chi connectivity index (χ4n) is 5.35. The van der Waals surface area contributed by atoms with Crippen LogP contribution in [0.4, 0.5) is 18.9 Å². The van der Waals surface area contributed by atoms with E-state index in [0.717, 1.165) is 43.3 Å². The Kier molecular flexibility index (Phi) is 7.93. The molecule has 8 nitrogen and oxygen atoms in total. The minimum absolute atomic E-state index is 0.110. The van der Waals surface area contributed by atoms with E-state index in [1.54, 1.807) is 18.2 Å². The van der Waals surface area contributed by atoms with Gasteiger partial charge < -0.3 is 29.9 Å². The largest absolute Gasteiger partial charge is 0.495 e. The smallest absolute Gasteiger partial charge is 0.422 e. The Morgan fingerprint density at radius 2 is 1.73 bits per heavy atom. The van der Waals surface area contributed by atoms with Gasteiger partial charge in [0.1, 0.15) is 17.4 Å². The van der Waals surface area contributed by atoms with E-state index >= 15 is 0 Å². The number of hydrogen-bond acceptors (Lipinski definition) is 7. The van der Waals surface area contributed by atoms with Crippen LogP contribution in [0, 0.1) is 0 Å². The van der Waals surface area contributed by atoms with Gasteiger partial charge in [-0.1, -0.05) is 24.3 Å². The maximum Gasteiger partial charge on any atom is 0.422 e. The Hall–Kier alpha value is -3.73. The number of amides is 1. The molecule has 214 valence electrons. The van der Waals surface area contributed by atoms with Gasteiger partial charge in [0.25, 0.3) is 5.91 Å². The van der Waals surface area contributed by atoms with Crippen molar-refractivity contribution in [3.63, 3.8) is 0 Å². The zero-order chi connectivity index (χ0) is 28.4. The summed E-state index contributed by atoms with van der Waals surface area (Å²) in [5.74, 6) is -0.108. The van der Waals surface area contributed by atoms with Crippen LogP contribution in [0.5, 0.6) is 5.75 Å². The number of methoxy groups -OCH3 is 1. The van der Waals surface area contributed by atoms with Gasteiger partial charge in [-0.3, -0.25) is 4.79 Å². The number of rotatable bonds is 7. The average molecular weight is 558 g/mol. The number of aliphatic imine (C=N–C) groups is 1. The van der Waals surface area contributed by atoms with Gasteiger partial charge in [0.15, 0.2) is 6.29 Å². The van der Waals surface area contributed by atoms with Gasteiger partial charge >= 0.3 is 6.18 Å². The fraction of sp³-hybridized carbons (Fsp3) is 0.448. The van der Waals surface area contributed by atoms with Crippen molar-refractivity contribution >= 4 is 17.8 Å². The molecule has 0 bridgehead atoms. The van der Waals surface area contributed by atoms with Gasteiger partial charge in [-0.2, -0.15) is 13.2 Å². The van der Waals surface area contributed by atoms with Crippen LogP contribution in [-0.2, 0) is 17.6 Å². The van der Waals surface area contributed by atoms with Crippen LogP contribution in [0.15, 0.2) is 58.9 Å². The number of halogens is 3. The number of carbonyl (C=O) groups is 1. The molecule has 0 saturated carbocycles. The van der Waals surface area contributed by atoms with Crippen LogP contribution in [0.2, 0.25) is 0 Å². The Bertz CT molecular complexity index is 1280. The molecular weight excluding hydrogens is 523 g/mol. The molecule has 1 fully saturated rings. The summed E-state index contributed by atoms with van der Waals surface area (Å²) in [6, 6.07) is 12.8. The number of fused-ring (bicyclic) bond motifs is 1. The predicted molar refractivity (Wildman–Crippen MR) is 146 cm³/mol. The lowest BCUT2D eigenvalue weighted by Crippen LogP contribution is -2.43. The molecule has 5 rings (SSSR count). The van der Waals surface area contributed by atoms with Crippen molar-refractivity contribution < 1.29 is 27.4 Å². The van der Waals surface area contributed by atoms with Crippen molar-refractivity contribution in [3.05, 3.63) is 70.6 Å². The second-order valence-electron chi connectivity index (χ2n) is 10.5. The number of allylic oxidation sites excluding steroid dienone is 1. The monoisotopic (exact) mass is 557 g/mol. The molecule has 1 amide bonds. The van der Waals surface area contributed by atoms with Gasteiger partial charge in [0, 0.05) is 37.7 Å². The normalized spacial score (nSPS) is 20.4. The third-order valence-electron chi connectivity index (χ3n) is 7.66. The van der Waals surface area contributed by atoms with Crippen molar-refractivity contribution in [2.75, 3.05) is 39.6 Å². The highest BCUT2D eigenvalue weighted by Gasteiger charge is 2.42. The summed E-state index contributed by atoms with van der Waals surface area (Å²) in [5.41, 5.74) is 2.14. The Balaban J connectivity index is 1.30. The summed E-state index contributed by atoms with van der Waals surface area (Å²) >= 11 is 0. The van der Waals surface area contributed by atoms with Crippen molar-refractivity contribution in [1.29, 1.82) is 0 Å². The molecular formula is C29H34F3N5O3. The number of hydrogen-bond donors (Lipinski definition) is 2. The summed E-state index contributed by atoms with van der Waals surface area (Å²) in [4.78, 5) is 20.6. The van der Waals surface area contributed by atoms with Gasteiger partial charge in [0.2, 0.25) is 5.88 Å². The van der Waals surface area contributed by atoms with Crippen LogP contribution in [0.25, 0.3) is 0 Å². The number of alkyl halides is 3. The van der Waals surface area contributed by atoms with Crippen LogP contribution >= 0.6 is 0 Å². The molecule has 0 spiro atoms. The quantitative estimate of drug-likeness (QED) is 0.532. The summed E-state index contributed by atoms with van der Waals surface area (Å²) in [5, 5.41) is 6.21. The first-order chi connectivity index (χ1) is 19.1. The van der Waals surface area contributed by atoms with E-state index in [2.05, 4.69) is 27.6 Å². The number of ether oxygens (including phenoxy) is 2. The number of piperidine rings is 1. The second-order valence-corrected chi connectivity index (χ2v) is 10.5. The molecule has 40 heavy (non-hydrogen) atoms. The van der Waals surface area contributed by atoms with Crippen molar-refractivity contribution in [2.45, 2.75) is 50.3 Å². The van der Waals surface area contributed by atoms with Crippen LogP contribution in [0.1, 0.15) is 34.3 Å². The summed E-state index contributed by atoms with van der Waals surface area (Å²) in [6.45, 7) is 1.85. The number of nitrogens with one attached hydrogen (secondary N) is 2. The van der Waals surface area contributed by atoms with E-state index in [1.165, 1.54) is 19.1 Å². The van der Waals surface area contributed by atoms with Gasteiger partial charge in [0.05, 0.1) is 12.8 Å². The first-order valence-corrected chi connectivity index (χ1v) is 13.4. The SMILES string of the molecule is COc1cc(C(=O)NC2CCN(C)CC2)ccc1NC1N=CC(C(F)(F)F)=C(OC2Cc3ccccc3C2)N1C. The molecule has 2 aromatic carbocycles. The molecule has 2 aromatic rings. The minimum Gasteiger partial charge on any atom is -0.495 e. The van der Waals surface area contributed by atoms with Crippen molar-refractivity contribution in [3.8, 4) is 5.75 Å². The summed E-state index contributed by atoms with van der Waals surface area (Å²) in [6.07, 6.45) is -2.31. The fourth-order valence-corrected chi connectivity index (χ4v) is 5.35. The average Bonchev–Trinajstić information content (AvgIpc) is 3.34. The van der Waals surface area contributed by atoms with E-state index in [9.17, 15) is 18.0 Å². The van der Waals surface area contributed by atoms with E-state index in [4.69, 9.17) is 9.47 Å². The molecule has 1 saturated heterocycles. The highest BCUT2D eigenvalue weighted by molar-refractivity contribution is 5.95. The van der Waals surface area contributed by atoms with E-state index in [-0.39, 0.29) is 17.8 Å². The molecule has 1 aliphatic carbocycles. The summed E-state index contributed by atoms with van der Waals surface area (Å²) in [7, 11) is 5.04. The molecule has 1 unspecified atom stereocenters. The highest BCUT2D eigenvalue weighted by Crippen LogP contribution is 2.36. The van der Waals surface area contributed by atoms with E-state index in [0.29, 0.717) is 29.8 Å². The third kappa shape index (κ3) is 6.04. The molecule has 2 heterocycles. The molecule has 1 atom stereocenters. The molecule has 2 N–H and O–H groups in total. The molecule has 0 radical (unpaired) electrons. The number of nitrogens with zero attached hydrogens (tertiary/aromatic N) is 3. The molecule has 0 aromatic heterocycles. The van der Waals surface area contributed by atoms with Crippen LogP contribution in [0.3, 0.4) is 0 Å². The number of likely N-dealkylation sites (tertiary alicyclic amines) is 1. The van der Waals surface area contributed by atoms with E-state index < -0.39 is 24.1 Å². The maximum atomic E-state index is 13.9. The first kappa shape index (κ1) is 27.8. The van der Waals surface area contributed by atoms with Gasteiger partial charge in [-0.25, -0.2) is 4.99 Å². The Labute approximate surface area is 231 Å². The van der Waals surface area contributed by atoms with Gasteiger partial charge in [-0.05, 0) is 62.3 Å². The second kappa shape index (κ2) is 11.4. The lowest BCUT2D eigenvalue weighted by atomic mass is 10.0. The van der Waals surface area contributed by atoms with Crippen LogP contribution in [-0.4, -0.2) is 80.8 Å². The van der Waals surface area contributed by atoms with E-state index in [1.807, 2.05) is 24.3 Å². The summed E-state index contributed by atoms with van der Waals surface area (Å²) < 4.78 is 53.4.